The zero-order chi connectivity index (χ0) is 17.6. The average Bonchev–Trinajstić information content (AvgIpc) is 2.80. The number of halogens is 1. The zero-order valence-electron chi connectivity index (χ0n) is 13.4. The molecule has 0 spiro atoms. The van der Waals surface area contributed by atoms with Gasteiger partial charge in [0.1, 0.15) is 5.75 Å². The normalized spacial score (nSPS) is 11.2. The molecule has 0 saturated heterocycles. The lowest BCUT2D eigenvalue weighted by Gasteiger charge is -2.06. The fourth-order valence-electron chi connectivity index (χ4n) is 2.85. The quantitative estimate of drug-likeness (QED) is 0.688. The topological polar surface area (TPSA) is 62.5 Å². The number of hydrogen-bond donors (Lipinski definition) is 2. The summed E-state index contributed by atoms with van der Waals surface area (Å²) in [6.07, 6.45) is 0. The number of carboxylic acid groups (broad SMARTS) is 1. The van der Waals surface area contributed by atoms with Gasteiger partial charge in [-0.05, 0) is 49.7 Å². The van der Waals surface area contributed by atoms with Crippen LogP contribution in [0.1, 0.15) is 21.5 Å². The molecule has 0 unspecified atom stereocenters. The second-order valence-electron chi connectivity index (χ2n) is 5.66. The number of hydrogen-bond acceptors (Lipinski definition) is 3. The lowest BCUT2D eigenvalue weighted by atomic mass is 10.0. The third-order valence-electron chi connectivity index (χ3n) is 4.08. The van der Waals surface area contributed by atoms with E-state index in [0.717, 1.165) is 16.0 Å². The molecule has 0 saturated carbocycles. The number of aromatic carboxylic acids is 1. The molecule has 2 N–H and O–H groups in total. The number of carbonyl (C=O) groups is 1. The van der Waals surface area contributed by atoms with Gasteiger partial charge in [0.25, 0.3) is 0 Å². The molecule has 6 heteroatoms. The van der Waals surface area contributed by atoms with Crippen LogP contribution in [-0.2, 0) is 7.05 Å². The summed E-state index contributed by atoms with van der Waals surface area (Å²) in [5.74, 6) is -0.873. The van der Waals surface area contributed by atoms with E-state index in [4.69, 9.17) is 11.6 Å². The van der Waals surface area contributed by atoms with E-state index in [2.05, 4.69) is 0 Å². The van der Waals surface area contributed by atoms with Crippen LogP contribution in [-0.4, -0.2) is 20.7 Å². The van der Waals surface area contributed by atoms with Gasteiger partial charge in [0.15, 0.2) is 0 Å². The van der Waals surface area contributed by atoms with E-state index in [9.17, 15) is 15.0 Å². The summed E-state index contributed by atoms with van der Waals surface area (Å²) in [6, 6.07) is 9.07. The number of aromatic nitrogens is 1. The highest BCUT2D eigenvalue weighted by Gasteiger charge is 2.24. The molecule has 0 aliphatic heterocycles. The maximum absolute atomic E-state index is 11.9. The highest BCUT2D eigenvalue weighted by Crippen LogP contribution is 2.41. The van der Waals surface area contributed by atoms with E-state index in [1.54, 1.807) is 26.0 Å². The molecule has 24 heavy (non-hydrogen) atoms. The second-order valence-corrected chi connectivity index (χ2v) is 7.16. The van der Waals surface area contributed by atoms with Crippen molar-refractivity contribution in [2.24, 2.45) is 7.05 Å². The van der Waals surface area contributed by atoms with E-state index in [0.29, 0.717) is 21.0 Å². The van der Waals surface area contributed by atoms with Gasteiger partial charge in [-0.15, -0.1) is 0 Å². The number of nitrogens with zero attached hydrogens (tertiary/aromatic N) is 1. The van der Waals surface area contributed by atoms with Crippen LogP contribution in [0.5, 0.6) is 5.75 Å². The molecule has 2 aromatic carbocycles. The molecule has 0 aliphatic carbocycles. The Morgan fingerprint density at radius 3 is 2.42 bits per heavy atom. The van der Waals surface area contributed by atoms with Crippen molar-refractivity contribution in [3.63, 3.8) is 0 Å². The first-order valence-electron chi connectivity index (χ1n) is 7.29. The summed E-state index contributed by atoms with van der Waals surface area (Å²) < 4.78 is 1.86. The van der Waals surface area contributed by atoms with Gasteiger partial charge in [-0.1, -0.05) is 23.4 Å². The molecule has 124 valence electrons. The molecule has 0 fully saturated rings. The Bertz CT molecular complexity index is 961. The highest BCUT2D eigenvalue weighted by molar-refractivity contribution is 7.99. The van der Waals surface area contributed by atoms with E-state index >= 15 is 0 Å². The minimum Gasteiger partial charge on any atom is -0.507 e. The van der Waals surface area contributed by atoms with Crippen LogP contribution in [0.3, 0.4) is 0 Å². The predicted molar refractivity (Wildman–Crippen MR) is 96.6 cm³/mol. The van der Waals surface area contributed by atoms with Gasteiger partial charge in [-0.25, -0.2) is 4.79 Å². The summed E-state index contributed by atoms with van der Waals surface area (Å²) in [6.45, 7) is 3.55. The number of aromatic hydroxyl groups is 1. The number of phenols is 1. The Hall–Kier alpha value is -2.11. The van der Waals surface area contributed by atoms with Gasteiger partial charge in [-0.2, -0.15) is 0 Å². The number of aryl methyl sites for hydroxylation is 3. The smallest absolute Gasteiger partial charge is 0.339 e. The van der Waals surface area contributed by atoms with E-state index in [1.807, 2.05) is 29.8 Å². The molecule has 0 amide bonds. The van der Waals surface area contributed by atoms with Gasteiger partial charge in [0.2, 0.25) is 0 Å². The molecule has 0 radical (unpaired) electrons. The fraction of sp³-hybridized carbons (Fsp3) is 0.167. The van der Waals surface area contributed by atoms with Crippen molar-refractivity contribution < 1.29 is 15.0 Å². The largest absolute Gasteiger partial charge is 0.507 e. The van der Waals surface area contributed by atoms with Gasteiger partial charge < -0.3 is 14.8 Å². The highest BCUT2D eigenvalue weighted by atomic mass is 35.5. The van der Waals surface area contributed by atoms with E-state index in [1.165, 1.54) is 11.8 Å². The SMILES string of the molecule is Cc1cc2c(c(C)c1O)c(C(=O)O)c(Sc1ccc(Cl)cc1)n2C. The standard InChI is InChI=1S/C18H16ClNO3S/c1-9-8-13-14(10(2)16(9)21)15(18(22)23)17(20(13)3)24-12-6-4-11(19)5-7-12/h4-8,21H,1-3H3,(H,22,23). The van der Waals surface area contributed by atoms with E-state index in [-0.39, 0.29) is 11.3 Å². The fourth-order valence-corrected chi connectivity index (χ4v) is 4.00. The molecule has 0 atom stereocenters. The monoisotopic (exact) mass is 361 g/mol. The number of fused-ring (bicyclic) bond motifs is 1. The van der Waals surface area contributed by atoms with Gasteiger partial charge in [-0.3, -0.25) is 0 Å². The van der Waals surface area contributed by atoms with Crippen LogP contribution in [0.2, 0.25) is 5.02 Å². The minimum atomic E-state index is -1.01. The lowest BCUT2D eigenvalue weighted by molar-refractivity contribution is 0.0694. The maximum Gasteiger partial charge on any atom is 0.339 e. The van der Waals surface area contributed by atoms with Gasteiger partial charge >= 0.3 is 5.97 Å². The van der Waals surface area contributed by atoms with Crippen LogP contribution in [0.15, 0.2) is 40.3 Å². The molecule has 3 rings (SSSR count). The maximum atomic E-state index is 11.9. The molecule has 1 aromatic heterocycles. The lowest BCUT2D eigenvalue weighted by Crippen LogP contribution is -1.99. The molecular formula is C18H16ClNO3S. The number of phenolic OH excluding ortho intramolecular Hbond substituents is 1. The summed E-state index contributed by atoms with van der Waals surface area (Å²) in [5, 5.41) is 21.8. The van der Waals surface area contributed by atoms with Crippen LogP contribution in [0.4, 0.5) is 0 Å². The molecule has 3 aromatic rings. The number of rotatable bonds is 3. The third-order valence-corrected chi connectivity index (χ3v) is 5.52. The van der Waals surface area contributed by atoms with Crippen molar-refractivity contribution in [1.29, 1.82) is 0 Å². The molecule has 0 bridgehead atoms. The van der Waals surface area contributed by atoms with Crippen molar-refractivity contribution >= 4 is 40.2 Å². The van der Waals surface area contributed by atoms with Crippen LogP contribution in [0.25, 0.3) is 10.9 Å². The van der Waals surface area contributed by atoms with Crippen molar-refractivity contribution in [3.05, 3.63) is 52.0 Å². The van der Waals surface area contributed by atoms with Crippen molar-refractivity contribution in [1.82, 2.24) is 4.57 Å². The van der Waals surface area contributed by atoms with Crippen molar-refractivity contribution in [3.8, 4) is 5.75 Å². The number of benzene rings is 2. The Balaban J connectivity index is 2.29. The van der Waals surface area contributed by atoms with Crippen LogP contribution in [0, 0.1) is 13.8 Å². The molecule has 4 nitrogen and oxygen atoms in total. The summed E-state index contributed by atoms with van der Waals surface area (Å²) in [7, 11) is 1.84. The first kappa shape index (κ1) is 16.7. The first-order chi connectivity index (χ1) is 11.3. The zero-order valence-corrected chi connectivity index (χ0v) is 15.0. The molecule has 0 aliphatic rings. The third kappa shape index (κ3) is 2.64. The Morgan fingerprint density at radius 1 is 1.21 bits per heavy atom. The Labute approximate surface area is 148 Å². The Kier molecular flexibility index (Phi) is 4.24. The second kappa shape index (κ2) is 6.07. The van der Waals surface area contributed by atoms with Crippen molar-refractivity contribution in [2.45, 2.75) is 23.8 Å². The molecule has 1 heterocycles. The average molecular weight is 362 g/mol. The van der Waals surface area contributed by atoms with Gasteiger partial charge in [0.05, 0.1) is 16.1 Å². The van der Waals surface area contributed by atoms with Gasteiger partial charge in [0, 0.05) is 27.9 Å². The first-order valence-corrected chi connectivity index (χ1v) is 8.49. The van der Waals surface area contributed by atoms with E-state index < -0.39 is 5.97 Å². The summed E-state index contributed by atoms with van der Waals surface area (Å²) >= 11 is 7.28. The van der Waals surface area contributed by atoms with Crippen molar-refractivity contribution in [2.75, 3.05) is 0 Å². The van der Waals surface area contributed by atoms with Crippen LogP contribution >= 0.6 is 23.4 Å². The Morgan fingerprint density at radius 2 is 1.83 bits per heavy atom. The minimum absolute atomic E-state index is 0.138. The predicted octanol–water partition coefficient (Wildman–Crippen LogP) is 5.00. The molecular weight excluding hydrogens is 346 g/mol. The van der Waals surface area contributed by atoms with Crippen LogP contribution < -0.4 is 0 Å². The number of carboxylic acids is 1. The summed E-state index contributed by atoms with van der Waals surface area (Å²) in [5.41, 5.74) is 2.30. The summed E-state index contributed by atoms with van der Waals surface area (Å²) in [4.78, 5) is 12.8.